The first-order chi connectivity index (χ1) is 7.72. The summed E-state index contributed by atoms with van der Waals surface area (Å²) in [5, 5.41) is 0. The summed E-state index contributed by atoms with van der Waals surface area (Å²) in [7, 11) is 0. The summed E-state index contributed by atoms with van der Waals surface area (Å²) >= 11 is 3.57. The number of hydrogen-bond acceptors (Lipinski definition) is 2. The number of benzene rings is 1. The molecule has 0 heterocycles. The molecule has 1 aromatic rings. The van der Waals surface area contributed by atoms with Crippen LogP contribution in [0.4, 0.5) is 0 Å². The van der Waals surface area contributed by atoms with Gasteiger partial charge in [0.25, 0.3) is 0 Å². The van der Waals surface area contributed by atoms with Gasteiger partial charge in [0, 0.05) is 10.5 Å². The second-order valence-electron chi connectivity index (χ2n) is 4.71. The van der Waals surface area contributed by atoms with Gasteiger partial charge in [-0.1, -0.05) is 47.3 Å². The molecule has 1 aliphatic rings. The first kappa shape index (κ1) is 12.1. The highest BCUT2D eigenvalue weighted by Gasteiger charge is 2.23. The van der Waals surface area contributed by atoms with Gasteiger partial charge in [-0.2, -0.15) is 0 Å². The molecular weight excluding hydrogens is 264 g/mol. The summed E-state index contributed by atoms with van der Waals surface area (Å²) in [6.07, 6.45) is 5.28. The second kappa shape index (κ2) is 5.30. The zero-order valence-corrected chi connectivity index (χ0v) is 11.3. The molecule has 0 aromatic heterocycles. The molecule has 3 N–H and O–H groups in total. The third kappa shape index (κ3) is 2.47. The van der Waals surface area contributed by atoms with Gasteiger partial charge in [0.15, 0.2) is 0 Å². The van der Waals surface area contributed by atoms with E-state index in [0.717, 1.165) is 12.3 Å². The number of hydrogen-bond donors (Lipinski definition) is 2. The molecule has 0 bridgehead atoms. The highest BCUT2D eigenvalue weighted by molar-refractivity contribution is 9.10. The van der Waals surface area contributed by atoms with Gasteiger partial charge in [-0.25, -0.2) is 0 Å². The number of hydrazine groups is 1. The normalized spacial score (nSPS) is 18.2. The van der Waals surface area contributed by atoms with Crippen LogP contribution in [0.1, 0.15) is 42.9 Å². The van der Waals surface area contributed by atoms with Gasteiger partial charge in [0.05, 0.1) is 0 Å². The average molecular weight is 283 g/mol. The topological polar surface area (TPSA) is 38.0 Å². The van der Waals surface area contributed by atoms with Crippen LogP contribution in [0, 0.1) is 12.8 Å². The van der Waals surface area contributed by atoms with Crippen LogP contribution in [-0.4, -0.2) is 0 Å². The van der Waals surface area contributed by atoms with E-state index in [9.17, 15) is 0 Å². The fourth-order valence-corrected chi connectivity index (χ4v) is 2.73. The van der Waals surface area contributed by atoms with E-state index in [1.54, 1.807) is 0 Å². The quantitative estimate of drug-likeness (QED) is 0.656. The second-order valence-corrected chi connectivity index (χ2v) is 5.56. The van der Waals surface area contributed by atoms with Gasteiger partial charge in [0.1, 0.15) is 0 Å². The van der Waals surface area contributed by atoms with E-state index in [2.05, 4.69) is 46.5 Å². The number of halogens is 1. The number of nitrogens with two attached hydrogens (primary N) is 1. The summed E-state index contributed by atoms with van der Waals surface area (Å²) in [5.41, 5.74) is 5.58. The molecule has 1 unspecified atom stereocenters. The highest BCUT2D eigenvalue weighted by Crippen LogP contribution is 2.36. The standard InChI is InChI=1S/C13H19BrN2/c1-9-11(6-3-7-12(9)14)13(16-15)8-10-4-2-5-10/h3,6-7,10,13,16H,2,4-5,8,15H2,1H3. The van der Waals surface area contributed by atoms with Crippen molar-refractivity contribution in [3.63, 3.8) is 0 Å². The van der Waals surface area contributed by atoms with Crippen LogP contribution in [0.3, 0.4) is 0 Å². The van der Waals surface area contributed by atoms with Gasteiger partial charge >= 0.3 is 0 Å². The number of rotatable bonds is 4. The lowest BCUT2D eigenvalue weighted by molar-refractivity contribution is 0.261. The minimum atomic E-state index is 0.294. The third-order valence-electron chi connectivity index (χ3n) is 3.68. The van der Waals surface area contributed by atoms with Crippen molar-refractivity contribution >= 4 is 15.9 Å². The maximum atomic E-state index is 5.69. The molecule has 0 spiro atoms. The molecule has 1 aromatic carbocycles. The van der Waals surface area contributed by atoms with Crippen molar-refractivity contribution in [3.8, 4) is 0 Å². The van der Waals surface area contributed by atoms with Crippen LogP contribution in [0.15, 0.2) is 22.7 Å². The maximum absolute atomic E-state index is 5.69. The lowest BCUT2D eigenvalue weighted by atomic mass is 9.79. The molecule has 1 atom stereocenters. The Labute approximate surface area is 106 Å². The average Bonchev–Trinajstić information content (AvgIpc) is 2.22. The maximum Gasteiger partial charge on any atom is 0.0465 e. The first-order valence-electron chi connectivity index (χ1n) is 5.93. The van der Waals surface area contributed by atoms with Crippen LogP contribution in [0.5, 0.6) is 0 Å². The van der Waals surface area contributed by atoms with Gasteiger partial charge in [-0.05, 0) is 36.5 Å². The number of nitrogens with one attached hydrogen (secondary N) is 1. The molecule has 88 valence electrons. The Morgan fingerprint density at radius 3 is 2.81 bits per heavy atom. The van der Waals surface area contributed by atoms with Gasteiger partial charge in [-0.15, -0.1) is 0 Å². The summed E-state index contributed by atoms with van der Waals surface area (Å²) in [4.78, 5) is 0. The van der Waals surface area contributed by atoms with E-state index >= 15 is 0 Å². The smallest absolute Gasteiger partial charge is 0.0465 e. The van der Waals surface area contributed by atoms with Crippen molar-refractivity contribution in [2.45, 2.75) is 38.6 Å². The predicted molar refractivity (Wildman–Crippen MR) is 70.9 cm³/mol. The molecule has 2 rings (SSSR count). The molecule has 2 nitrogen and oxygen atoms in total. The summed E-state index contributed by atoms with van der Waals surface area (Å²) in [5.74, 6) is 6.55. The SMILES string of the molecule is Cc1c(Br)cccc1C(CC1CCC1)NN. The summed E-state index contributed by atoms with van der Waals surface area (Å²) in [6.45, 7) is 2.14. The molecule has 3 heteroatoms. The molecule has 0 saturated heterocycles. The molecule has 16 heavy (non-hydrogen) atoms. The van der Waals surface area contributed by atoms with Gasteiger partial charge < -0.3 is 0 Å². The van der Waals surface area contributed by atoms with E-state index in [-0.39, 0.29) is 0 Å². The fraction of sp³-hybridized carbons (Fsp3) is 0.538. The van der Waals surface area contributed by atoms with Crippen molar-refractivity contribution in [1.82, 2.24) is 5.43 Å². The van der Waals surface area contributed by atoms with Crippen LogP contribution in [-0.2, 0) is 0 Å². The van der Waals surface area contributed by atoms with Crippen molar-refractivity contribution in [2.75, 3.05) is 0 Å². The molecule has 0 radical (unpaired) electrons. The van der Waals surface area contributed by atoms with Crippen molar-refractivity contribution in [2.24, 2.45) is 11.8 Å². The molecular formula is C13H19BrN2. The Morgan fingerprint density at radius 2 is 2.25 bits per heavy atom. The zero-order valence-electron chi connectivity index (χ0n) is 9.67. The Kier molecular flexibility index (Phi) is 4.00. The van der Waals surface area contributed by atoms with Crippen LogP contribution in [0.2, 0.25) is 0 Å². The third-order valence-corrected chi connectivity index (χ3v) is 4.54. The Hall–Kier alpha value is -0.380. The zero-order chi connectivity index (χ0) is 11.5. The molecule has 1 aliphatic carbocycles. The molecule has 0 aliphatic heterocycles. The monoisotopic (exact) mass is 282 g/mol. The van der Waals surface area contributed by atoms with E-state index in [1.165, 1.54) is 34.9 Å². The van der Waals surface area contributed by atoms with Gasteiger partial charge in [-0.3, -0.25) is 11.3 Å². The highest BCUT2D eigenvalue weighted by atomic mass is 79.9. The minimum Gasteiger partial charge on any atom is -0.271 e. The molecule has 1 fully saturated rings. The van der Waals surface area contributed by atoms with E-state index < -0.39 is 0 Å². The van der Waals surface area contributed by atoms with Crippen LogP contribution >= 0.6 is 15.9 Å². The van der Waals surface area contributed by atoms with Crippen molar-refractivity contribution < 1.29 is 0 Å². The van der Waals surface area contributed by atoms with Crippen molar-refractivity contribution in [3.05, 3.63) is 33.8 Å². The Morgan fingerprint density at radius 1 is 1.50 bits per heavy atom. The fourth-order valence-electron chi connectivity index (χ4n) is 2.35. The van der Waals surface area contributed by atoms with Crippen molar-refractivity contribution in [1.29, 1.82) is 0 Å². The minimum absolute atomic E-state index is 0.294. The predicted octanol–water partition coefficient (Wildman–Crippen LogP) is 3.45. The van der Waals surface area contributed by atoms with Crippen LogP contribution < -0.4 is 11.3 Å². The first-order valence-corrected chi connectivity index (χ1v) is 6.73. The van der Waals surface area contributed by atoms with Crippen LogP contribution in [0.25, 0.3) is 0 Å². The van der Waals surface area contributed by atoms with E-state index in [0.29, 0.717) is 6.04 Å². The van der Waals surface area contributed by atoms with Gasteiger partial charge in [0.2, 0.25) is 0 Å². The summed E-state index contributed by atoms with van der Waals surface area (Å²) in [6, 6.07) is 6.62. The molecule has 1 saturated carbocycles. The lowest BCUT2D eigenvalue weighted by Gasteiger charge is -2.30. The Bertz CT molecular complexity index is 361. The largest absolute Gasteiger partial charge is 0.271 e. The lowest BCUT2D eigenvalue weighted by Crippen LogP contribution is -2.31. The van der Waals surface area contributed by atoms with E-state index in [1.807, 2.05) is 0 Å². The Balaban J connectivity index is 2.15. The summed E-state index contributed by atoms with van der Waals surface area (Å²) < 4.78 is 1.17. The molecule has 0 amide bonds. The van der Waals surface area contributed by atoms with E-state index in [4.69, 9.17) is 5.84 Å².